The summed E-state index contributed by atoms with van der Waals surface area (Å²) in [5.41, 5.74) is 2.45. The van der Waals surface area contributed by atoms with Gasteiger partial charge in [0.1, 0.15) is 11.9 Å². The Morgan fingerprint density at radius 1 is 0.917 bits per heavy atom. The summed E-state index contributed by atoms with van der Waals surface area (Å²) >= 11 is 12.2. The molecule has 0 fully saturated rings. The van der Waals surface area contributed by atoms with E-state index >= 15 is 0 Å². The second kappa shape index (κ2) is 13.3. The largest absolute Gasteiger partial charge is 0.484 e. The molecule has 0 aliphatic carbocycles. The number of aliphatic hydroxyl groups is 2. The third-order valence-electron chi connectivity index (χ3n) is 5.33. The molecule has 3 aromatic rings. The number of carbonyl (C=O) groups is 2. The number of hydrogen-bond donors (Lipinski definition) is 3. The van der Waals surface area contributed by atoms with E-state index in [1.54, 1.807) is 49.4 Å². The zero-order valence-corrected chi connectivity index (χ0v) is 21.1. The van der Waals surface area contributed by atoms with Gasteiger partial charge in [0.2, 0.25) is 0 Å². The van der Waals surface area contributed by atoms with Crippen LogP contribution in [0.3, 0.4) is 0 Å². The molecule has 0 saturated heterocycles. The summed E-state index contributed by atoms with van der Waals surface area (Å²) in [6.45, 7) is 1.32. The van der Waals surface area contributed by atoms with Gasteiger partial charge in [-0.05, 0) is 60.4 Å². The summed E-state index contributed by atoms with van der Waals surface area (Å²) in [5, 5.41) is 24.7. The van der Waals surface area contributed by atoms with Crippen molar-refractivity contribution < 1.29 is 29.3 Å². The monoisotopic (exact) mass is 531 g/mol. The van der Waals surface area contributed by atoms with E-state index in [1.165, 1.54) is 0 Å². The van der Waals surface area contributed by atoms with Gasteiger partial charge in [-0.2, -0.15) is 0 Å². The zero-order valence-electron chi connectivity index (χ0n) is 19.6. The van der Waals surface area contributed by atoms with Crippen molar-refractivity contribution >= 4 is 35.1 Å². The van der Waals surface area contributed by atoms with Gasteiger partial charge < -0.3 is 25.0 Å². The molecule has 0 spiro atoms. The predicted molar refractivity (Wildman–Crippen MR) is 138 cm³/mol. The van der Waals surface area contributed by atoms with Crippen LogP contribution in [0.4, 0.5) is 0 Å². The van der Waals surface area contributed by atoms with Gasteiger partial charge in [0, 0.05) is 10.0 Å². The minimum atomic E-state index is -1.84. The summed E-state index contributed by atoms with van der Waals surface area (Å²) in [6, 6.07) is 20.3. The number of carbonyl (C=O) groups excluding carboxylic acids is 2. The maximum atomic E-state index is 12.6. The molecule has 9 heteroatoms. The summed E-state index contributed by atoms with van der Waals surface area (Å²) in [4.78, 5) is 24.6. The highest BCUT2D eigenvalue weighted by Gasteiger charge is 2.33. The molecule has 3 unspecified atom stereocenters. The van der Waals surface area contributed by atoms with Crippen LogP contribution < -0.4 is 10.1 Å². The fraction of sp³-hybridized carbons (Fsp3) is 0.259. The van der Waals surface area contributed by atoms with Crippen LogP contribution in [0.2, 0.25) is 10.0 Å². The molecular weight excluding hydrogens is 505 g/mol. The first-order chi connectivity index (χ1) is 17.3. The van der Waals surface area contributed by atoms with Crippen LogP contribution in [-0.4, -0.2) is 53.6 Å². The lowest BCUT2D eigenvalue weighted by Gasteiger charge is -2.27. The number of ether oxygens (including phenoxy) is 2. The van der Waals surface area contributed by atoms with Gasteiger partial charge in [-0.1, -0.05) is 65.7 Å². The molecule has 3 aromatic carbocycles. The number of nitrogens with one attached hydrogen (secondary N) is 1. The van der Waals surface area contributed by atoms with Crippen LogP contribution >= 0.6 is 23.2 Å². The van der Waals surface area contributed by atoms with E-state index in [0.717, 1.165) is 16.7 Å². The van der Waals surface area contributed by atoms with Crippen LogP contribution in [0.1, 0.15) is 12.5 Å². The Morgan fingerprint density at radius 3 is 2.17 bits per heavy atom. The van der Waals surface area contributed by atoms with E-state index in [4.69, 9.17) is 32.7 Å². The van der Waals surface area contributed by atoms with Gasteiger partial charge in [0.05, 0.1) is 12.6 Å². The lowest BCUT2D eigenvalue weighted by atomic mass is 9.96. The van der Waals surface area contributed by atoms with Crippen molar-refractivity contribution in [3.8, 4) is 16.9 Å². The first kappa shape index (κ1) is 27.5. The standard InChI is InChI=1S/C27H27Cl2NO6/c1-2-35-27(34)26(33)25(32)23(30-24(31)16-36-22-6-4-3-5-7-22)12-17-8-10-18(11-9-17)19-13-20(28)15-21(29)14-19/h3-11,13-15,23,25-26,32-33H,2,12,16H2,1H3,(H,30,31). The van der Waals surface area contributed by atoms with Crippen LogP contribution in [0.5, 0.6) is 5.75 Å². The SMILES string of the molecule is CCOC(=O)C(O)C(O)C(Cc1ccc(-c2cc(Cl)cc(Cl)c2)cc1)NC(=O)COc1ccccc1. The van der Waals surface area contributed by atoms with Gasteiger partial charge in [-0.3, -0.25) is 4.79 Å². The van der Waals surface area contributed by atoms with Crippen molar-refractivity contribution in [2.75, 3.05) is 13.2 Å². The van der Waals surface area contributed by atoms with Crippen molar-refractivity contribution in [3.05, 3.63) is 88.4 Å². The number of esters is 1. The Hall–Kier alpha value is -3.10. The highest BCUT2D eigenvalue weighted by atomic mass is 35.5. The molecule has 0 aliphatic heterocycles. The van der Waals surface area contributed by atoms with E-state index in [0.29, 0.717) is 15.8 Å². The van der Waals surface area contributed by atoms with Crippen LogP contribution in [0.15, 0.2) is 72.8 Å². The third kappa shape index (κ3) is 7.96. The molecule has 36 heavy (non-hydrogen) atoms. The molecule has 1 amide bonds. The molecule has 0 aromatic heterocycles. The first-order valence-electron chi connectivity index (χ1n) is 11.3. The number of hydrogen-bond acceptors (Lipinski definition) is 6. The lowest BCUT2D eigenvalue weighted by Crippen LogP contribution is -2.53. The fourth-order valence-electron chi connectivity index (χ4n) is 3.57. The van der Waals surface area contributed by atoms with Gasteiger partial charge in [0.25, 0.3) is 5.91 Å². The summed E-state index contributed by atoms with van der Waals surface area (Å²) < 4.78 is 10.3. The Labute approximate surface area is 219 Å². The highest BCUT2D eigenvalue weighted by Crippen LogP contribution is 2.27. The second-order valence-electron chi connectivity index (χ2n) is 8.02. The maximum absolute atomic E-state index is 12.6. The minimum absolute atomic E-state index is 0.0412. The molecule has 3 rings (SSSR count). The maximum Gasteiger partial charge on any atom is 0.337 e. The molecule has 0 saturated carbocycles. The molecule has 0 heterocycles. The average Bonchev–Trinajstić information content (AvgIpc) is 2.87. The molecule has 190 valence electrons. The number of para-hydroxylation sites is 1. The Kier molecular flexibility index (Phi) is 10.1. The Bertz CT molecular complexity index is 1140. The molecule has 0 bridgehead atoms. The predicted octanol–water partition coefficient (Wildman–Crippen LogP) is 4.05. The van der Waals surface area contributed by atoms with Crippen molar-refractivity contribution in [3.63, 3.8) is 0 Å². The number of benzene rings is 3. The topological polar surface area (TPSA) is 105 Å². The normalized spacial score (nSPS) is 13.4. The molecule has 7 nitrogen and oxygen atoms in total. The Morgan fingerprint density at radius 2 is 1.56 bits per heavy atom. The van der Waals surface area contributed by atoms with Crippen molar-refractivity contribution in [2.45, 2.75) is 31.6 Å². The number of amides is 1. The van der Waals surface area contributed by atoms with E-state index in [1.807, 2.05) is 30.3 Å². The molecule has 3 atom stereocenters. The van der Waals surface area contributed by atoms with Gasteiger partial charge >= 0.3 is 5.97 Å². The van der Waals surface area contributed by atoms with Crippen molar-refractivity contribution in [1.29, 1.82) is 0 Å². The van der Waals surface area contributed by atoms with Crippen LogP contribution in [-0.2, 0) is 20.7 Å². The zero-order chi connectivity index (χ0) is 26.1. The number of rotatable bonds is 11. The lowest BCUT2D eigenvalue weighted by molar-refractivity contribution is -0.160. The minimum Gasteiger partial charge on any atom is -0.484 e. The quantitative estimate of drug-likeness (QED) is 0.322. The fourth-order valence-corrected chi connectivity index (χ4v) is 4.09. The van der Waals surface area contributed by atoms with Crippen molar-refractivity contribution in [2.24, 2.45) is 0 Å². The summed E-state index contributed by atoms with van der Waals surface area (Å²) in [7, 11) is 0. The summed E-state index contributed by atoms with van der Waals surface area (Å²) in [6.07, 6.45) is -3.32. The third-order valence-corrected chi connectivity index (χ3v) is 5.77. The molecule has 0 aliphatic rings. The molecule has 0 radical (unpaired) electrons. The Balaban J connectivity index is 1.74. The van der Waals surface area contributed by atoms with Gasteiger partial charge in [-0.15, -0.1) is 0 Å². The molecule has 3 N–H and O–H groups in total. The number of halogens is 2. The van der Waals surface area contributed by atoms with Crippen LogP contribution in [0.25, 0.3) is 11.1 Å². The van der Waals surface area contributed by atoms with Gasteiger partial charge in [0.15, 0.2) is 12.7 Å². The van der Waals surface area contributed by atoms with Gasteiger partial charge in [-0.25, -0.2) is 4.79 Å². The van der Waals surface area contributed by atoms with E-state index in [-0.39, 0.29) is 19.6 Å². The average molecular weight is 532 g/mol. The second-order valence-corrected chi connectivity index (χ2v) is 8.90. The van der Waals surface area contributed by atoms with E-state index in [2.05, 4.69) is 5.32 Å². The first-order valence-corrected chi connectivity index (χ1v) is 12.1. The highest BCUT2D eigenvalue weighted by molar-refractivity contribution is 6.35. The van der Waals surface area contributed by atoms with Crippen LogP contribution in [0, 0.1) is 0 Å². The van der Waals surface area contributed by atoms with Crippen molar-refractivity contribution in [1.82, 2.24) is 5.32 Å². The summed E-state index contributed by atoms with van der Waals surface area (Å²) in [5.74, 6) is -0.991. The smallest absolute Gasteiger partial charge is 0.337 e. The number of aliphatic hydroxyl groups excluding tert-OH is 2. The molecular formula is C27H27Cl2NO6. The van der Waals surface area contributed by atoms with E-state index in [9.17, 15) is 19.8 Å². The van der Waals surface area contributed by atoms with E-state index < -0.39 is 30.1 Å².